The highest BCUT2D eigenvalue weighted by atomic mass is 32.1. The average Bonchev–Trinajstić information content (AvgIpc) is 3.34. The molecule has 1 unspecified atom stereocenters. The lowest BCUT2D eigenvalue weighted by molar-refractivity contribution is -0.140. The number of alkyl halides is 3. The summed E-state index contributed by atoms with van der Waals surface area (Å²) in [5.74, 6) is 0.528. The smallest absolute Gasteiger partial charge is 0.379 e. The van der Waals surface area contributed by atoms with Gasteiger partial charge in [-0.3, -0.25) is 9.89 Å². The van der Waals surface area contributed by atoms with Crippen molar-refractivity contribution in [3.05, 3.63) is 38.0 Å². The van der Waals surface area contributed by atoms with E-state index >= 15 is 0 Å². The molecule has 6 nitrogen and oxygen atoms in total. The molecule has 0 amide bonds. The summed E-state index contributed by atoms with van der Waals surface area (Å²) >= 11 is 2.75. The third-order valence-corrected chi connectivity index (χ3v) is 6.46. The maximum atomic E-state index is 12.7. The Kier molecular flexibility index (Phi) is 7.49. The van der Waals surface area contributed by atoms with E-state index in [9.17, 15) is 13.2 Å². The minimum atomic E-state index is -4.42. The van der Waals surface area contributed by atoms with Crippen molar-refractivity contribution in [2.24, 2.45) is 4.99 Å². The van der Waals surface area contributed by atoms with Gasteiger partial charge in [0.2, 0.25) is 0 Å². The first-order valence-corrected chi connectivity index (χ1v) is 10.9. The van der Waals surface area contributed by atoms with Gasteiger partial charge in [-0.15, -0.1) is 22.7 Å². The van der Waals surface area contributed by atoms with Crippen LogP contribution in [0.3, 0.4) is 0 Å². The highest BCUT2D eigenvalue weighted by molar-refractivity contribution is 7.12. The average molecular weight is 448 g/mol. The maximum Gasteiger partial charge on any atom is 0.434 e. The SMILES string of the molecule is CN=C(NCc1nc(C(F)(F)F)cs1)NCC(c1ccc(C)s1)N1CCOCC1. The van der Waals surface area contributed by atoms with Crippen molar-refractivity contribution < 1.29 is 17.9 Å². The predicted molar refractivity (Wildman–Crippen MR) is 110 cm³/mol. The molecule has 1 aliphatic heterocycles. The summed E-state index contributed by atoms with van der Waals surface area (Å²) in [5.41, 5.74) is -0.859. The number of thiazole rings is 1. The summed E-state index contributed by atoms with van der Waals surface area (Å²) in [5, 5.41) is 7.73. The summed E-state index contributed by atoms with van der Waals surface area (Å²) < 4.78 is 43.5. The van der Waals surface area contributed by atoms with Gasteiger partial charge in [0, 0.05) is 41.8 Å². The Morgan fingerprint density at radius 2 is 2.07 bits per heavy atom. The number of hydrogen-bond donors (Lipinski definition) is 2. The van der Waals surface area contributed by atoms with Crippen molar-refractivity contribution >= 4 is 28.6 Å². The van der Waals surface area contributed by atoms with Crippen molar-refractivity contribution in [3.8, 4) is 0 Å². The van der Waals surface area contributed by atoms with Crippen molar-refractivity contribution in [1.29, 1.82) is 0 Å². The molecule has 2 aromatic heterocycles. The minimum absolute atomic E-state index is 0.174. The fourth-order valence-corrected chi connectivity index (χ4v) is 4.78. The molecule has 1 aliphatic rings. The van der Waals surface area contributed by atoms with E-state index in [1.165, 1.54) is 9.75 Å². The first-order chi connectivity index (χ1) is 13.9. The molecule has 11 heteroatoms. The lowest BCUT2D eigenvalue weighted by Crippen LogP contribution is -2.46. The Balaban J connectivity index is 1.59. The minimum Gasteiger partial charge on any atom is -0.379 e. The van der Waals surface area contributed by atoms with Gasteiger partial charge in [0.15, 0.2) is 11.7 Å². The zero-order valence-electron chi connectivity index (χ0n) is 16.3. The van der Waals surface area contributed by atoms with Crippen molar-refractivity contribution in [3.63, 3.8) is 0 Å². The van der Waals surface area contributed by atoms with Gasteiger partial charge in [-0.1, -0.05) is 0 Å². The lowest BCUT2D eigenvalue weighted by atomic mass is 10.2. The van der Waals surface area contributed by atoms with Gasteiger partial charge >= 0.3 is 6.18 Å². The van der Waals surface area contributed by atoms with Crippen LogP contribution in [0.25, 0.3) is 0 Å². The second-order valence-electron chi connectivity index (χ2n) is 6.54. The number of rotatable bonds is 6. The molecule has 0 spiro atoms. The highest BCUT2D eigenvalue weighted by Gasteiger charge is 2.33. The normalized spacial score (nSPS) is 17.3. The number of guanidine groups is 1. The summed E-state index contributed by atoms with van der Waals surface area (Å²) in [6, 6.07) is 4.43. The van der Waals surface area contributed by atoms with Crippen LogP contribution in [0.2, 0.25) is 0 Å². The summed E-state index contributed by atoms with van der Waals surface area (Å²) in [4.78, 5) is 12.7. The van der Waals surface area contributed by atoms with Crippen LogP contribution in [0.4, 0.5) is 13.2 Å². The lowest BCUT2D eigenvalue weighted by Gasteiger charge is -2.34. The van der Waals surface area contributed by atoms with Crippen molar-refractivity contribution in [2.75, 3.05) is 39.9 Å². The molecule has 1 fully saturated rings. The van der Waals surface area contributed by atoms with Crippen LogP contribution < -0.4 is 10.6 Å². The van der Waals surface area contributed by atoms with Crippen molar-refractivity contribution in [1.82, 2.24) is 20.5 Å². The fourth-order valence-electron chi connectivity index (χ4n) is 3.03. The van der Waals surface area contributed by atoms with E-state index in [0.717, 1.165) is 29.8 Å². The second-order valence-corrected chi connectivity index (χ2v) is 8.81. The number of ether oxygens (including phenoxy) is 1. The van der Waals surface area contributed by atoms with E-state index in [4.69, 9.17) is 4.74 Å². The third-order valence-electron chi connectivity index (χ3n) is 4.51. The Morgan fingerprint density at radius 3 is 2.66 bits per heavy atom. The number of aliphatic imine (C=N–C) groups is 1. The number of nitrogens with one attached hydrogen (secondary N) is 2. The van der Waals surface area contributed by atoms with Gasteiger partial charge in [0.25, 0.3) is 0 Å². The topological polar surface area (TPSA) is 61.8 Å². The monoisotopic (exact) mass is 447 g/mol. The molecule has 2 N–H and O–H groups in total. The van der Waals surface area contributed by atoms with E-state index in [1.54, 1.807) is 18.4 Å². The Morgan fingerprint density at radius 1 is 1.31 bits per heavy atom. The first-order valence-electron chi connectivity index (χ1n) is 9.21. The van der Waals surface area contributed by atoms with Crippen LogP contribution in [-0.2, 0) is 17.5 Å². The Labute approximate surface area is 175 Å². The largest absolute Gasteiger partial charge is 0.434 e. The zero-order chi connectivity index (χ0) is 20.9. The molecule has 29 heavy (non-hydrogen) atoms. The van der Waals surface area contributed by atoms with Crippen LogP contribution in [-0.4, -0.2) is 55.7 Å². The Hall–Kier alpha value is -1.69. The van der Waals surface area contributed by atoms with Crippen LogP contribution in [0.1, 0.15) is 26.5 Å². The summed E-state index contributed by atoms with van der Waals surface area (Å²) in [7, 11) is 1.64. The van der Waals surface area contributed by atoms with Gasteiger partial charge in [-0.2, -0.15) is 13.2 Å². The third kappa shape index (κ3) is 6.14. The molecule has 1 atom stereocenters. The number of halogens is 3. The molecular formula is C18H24F3N5OS2. The highest BCUT2D eigenvalue weighted by Crippen LogP contribution is 2.30. The molecule has 2 aromatic rings. The number of aromatic nitrogens is 1. The van der Waals surface area contributed by atoms with Crippen LogP contribution >= 0.6 is 22.7 Å². The number of morpholine rings is 1. The Bertz CT molecular complexity index is 815. The van der Waals surface area contributed by atoms with E-state index in [-0.39, 0.29) is 12.6 Å². The first kappa shape index (κ1) is 22.0. The van der Waals surface area contributed by atoms with Gasteiger partial charge in [0.1, 0.15) is 5.01 Å². The molecule has 0 aliphatic carbocycles. The second kappa shape index (κ2) is 9.88. The maximum absolute atomic E-state index is 12.7. The number of aryl methyl sites for hydroxylation is 1. The van der Waals surface area contributed by atoms with E-state index in [0.29, 0.717) is 30.7 Å². The van der Waals surface area contributed by atoms with E-state index < -0.39 is 11.9 Å². The molecule has 0 bridgehead atoms. The van der Waals surface area contributed by atoms with Crippen molar-refractivity contribution in [2.45, 2.75) is 25.7 Å². The van der Waals surface area contributed by atoms with Crippen LogP contribution in [0, 0.1) is 6.92 Å². The van der Waals surface area contributed by atoms with Gasteiger partial charge < -0.3 is 15.4 Å². The number of nitrogens with zero attached hydrogens (tertiary/aromatic N) is 3. The molecule has 0 saturated carbocycles. The van der Waals surface area contributed by atoms with Gasteiger partial charge in [-0.05, 0) is 19.1 Å². The standard InChI is InChI=1S/C18H24F3N5OS2/c1-12-3-4-14(29-12)13(26-5-7-27-8-6-26)9-23-17(22-2)24-10-16-25-15(11-28-16)18(19,20)21/h3-4,11,13H,5-10H2,1-2H3,(H2,22,23,24). The van der Waals surface area contributed by atoms with Gasteiger partial charge in [0.05, 0.1) is 25.8 Å². The zero-order valence-corrected chi connectivity index (χ0v) is 17.9. The molecule has 3 heterocycles. The van der Waals surface area contributed by atoms with E-state index in [2.05, 4.69) is 44.6 Å². The molecule has 160 valence electrons. The molecule has 3 rings (SSSR count). The van der Waals surface area contributed by atoms with Crippen LogP contribution in [0.5, 0.6) is 0 Å². The molecule has 1 saturated heterocycles. The summed E-state index contributed by atoms with van der Waals surface area (Å²) in [6.07, 6.45) is -4.42. The summed E-state index contributed by atoms with van der Waals surface area (Å²) in [6.45, 7) is 6.02. The molecular weight excluding hydrogens is 423 g/mol. The molecule has 0 radical (unpaired) electrons. The number of thiophene rings is 1. The van der Waals surface area contributed by atoms with Gasteiger partial charge in [-0.25, -0.2) is 4.98 Å². The van der Waals surface area contributed by atoms with E-state index in [1.807, 2.05) is 0 Å². The quantitative estimate of drug-likeness (QED) is 0.526. The number of hydrogen-bond acceptors (Lipinski definition) is 6. The predicted octanol–water partition coefficient (Wildman–Crippen LogP) is 3.27. The van der Waals surface area contributed by atoms with Crippen LogP contribution in [0.15, 0.2) is 22.5 Å². The molecule has 0 aromatic carbocycles. The fraction of sp³-hybridized carbons (Fsp3) is 0.556.